The number of rotatable bonds is 4. The van der Waals surface area contributed by atoms with E-state index in [2.05, 4.69) is 11.1 Å². The van der Waals surface area contributed by atoms with Gasteiger partial charge in [0.2, 0.25) is 0 Å². The molecule has 0 bridgehead atoms. The van der Waals surface area contributed by atoms with Crippen LogP contribution in [0.5, 0.6) is 0 Å². The van der Waals surface area contributed by atoms with Crippen molar-refractivity contribution in [2.45, 2.75) is 70.1 Å². The average molecular weight is 446 g/mol. The Morgan fingerprint density at radius 1 is 1.32 bits per heavy atom. The van der Waals surface area contributed by atoms with E-state index in [1.165, 1.54) is 17.6 Å². The molecule has 2 heterocycles. The zero-order valence-corrected chi connectivity index (χ0v) is 18.9. The first kappa shape index (κ1) is 20.7. The minimum atomic E-state index is -1.48. The second-order valence-electron chi connectivity index (χ2n) is 9.17. The number of nitrogens with zero attached hydrogens (tertiary/aromatic N) is 1. The Morgan fingerprint density at radius 2 is 2.06 bits per heavy atom. The number of hydrogen-bond acceptors (Lipinski definition) is 5. The van der Waals surface area contributed by atoms with Crippen molar-refractivity contribution >= 4 is 22.7 Å². The minimum Gasteiger partial charge on any atom is -0.497 e. The molecule has 166 valence electrons. The van der Waals surface area contributed by atoms with Gasteiger partial charge in [-0.25, -0.2) is 9.18 Å². The van der Waals surface area contributed by atoms with Gasteiger partial charge in [0.25, 0.3) is 5.56 Å². The van der Waals surface area contributed by atoms with E-state index in [4.69, 9.17) is 10.5 Å². The van der Waals surface area contributed by atoms with E-state index in [1.54, 1.807) is 15.9 Å². The Labute approximate surface area is 183 Å². The van der Waals surface area contributed by atoms with Gasteiger partial charge in [-0.15, -0.1) is 11.3 Å². The second kappa shape index (κ2) is 7.45. The summed E-state index contributed by atoms with van der Waals surface area (Å²) in [5, 5.41) is 0.695. The first-order chi connectivity index (χ1) is 14.8. The number of halogens is 1. The summed E-state index contributed by atoms with van der Waals surface area (Å²) in [4.78, 5) is 29.9. The summed E-state index contributed by atoms with van der Waals surface area (Å²) in [5.41, 5.74) is 7.11. The first-order valence-electron chi connectivity index (χ1n) is 11.0. The quantitative estimate of drug-likeness (QED) is 0.745. The van der Waals surface area contributed by atoms with Crippen LogP contribution in [0.2, 0.25) is 0 Å². The van der Waals surface area contributed by atoms with Crippen molar-refractivity contribution in [1.29, 1.82) is 0 Å². The largest absolute Gasteiger partial charge is 0.497 e. The Hall–Kier alpha value is -2.19. The van der Waals surface area contributed by atoms with Gasteiger partial charge in [-0.2, -0.15) is 0 Å². The fourth-order valence-electron chi connectivity index (χ4n) is 5.25. The number of alkyl halides is 1. The van der Waals surface area contributed by atoms with Crippen molar-refractivity contribution in [3.63, 3.8) is 0 Å². The summed E-state index contributed by atoms with van der Waals surface area (Å²) >= 11 is 1.64. The highest BCUT2D eigenvalue weighted by molar-refractivity contribution is 7.12. The van der Waals surface area contributed by atoms with Crippen molar-refractivity contribution < 1.29 is 9.13 Å². The molecule has 2 aromatic heterocycles. The third-order valence-electron chi connectivity index (χ3n) is 7.10. The SMILES string of the molecule is COC1=c2c(=O)[nH]c(=O)n(C3CC3)c2=C(C)C(c2cc3c(s2)CCC(C(C)N)C3)C1F. The van der Waals surface area contributed by atoms with Crippen molar-refractivity contribution in [2.24, 2.45) is 11.7 Å². The molecule has 8 heteroatoms. The highest BCUT2D eigenvalue weighted by Crippen LogP contribution is 2.43. The molecular formula is C23H28FN3O3S. The smallest absolute Gasteiger partial charge is 0.329 e. The van der Waals surface area contributed by atoms with Crippen LogP contribution in [0.4, 0.5) is 4.39 Å². The number of aromatic amines is 1. The number of nitrogens with one attached hydrogen (secondary N) is 1. The number of hydrogen-bond donors (Lipinski definition) is 2. The lowest BCUT2D eigenvalue weighted by molar-refractivity contribution is 0.259. The van der Waals surface area contributed by atoms with Gasteiger partial charge in [0.1, 0.15) is 11.0 Å². The van der Waals surface area contributed by atoms with E-state index in [1.807, 2.05) is 13.8 Å². The predicted molar refractivity (Wildman–Crippen MR) is 119 cm³/mol. The van der Waals surface area contributed by atoms with Crippen molar-refractivity contribution in [1.82, 2.24) is 9.55 Å². The van der Waals surface area contributed by atoms with Gasteiger partial charge in [-0.05, 0) is 69.1 Å². The maximum absolute atomic E-state index is 15.9. The molecule has 6 nitrogen and oxygen atoms in total. The van der Waals surface area contributed by atoms with Gasteiger partial charge >= 0.3 is 5.69 Å². The summed E-state index contributed by atoms with van der Waals surface area (Å²) in [5.74, 6) is -0.118. The number of methoxy groups -OCH3 is 1. The molecule has 1 saturated carbocycles. The molecule has 0 spiro atoms. The van der Waals surface area contributed by atoms with Crippen molar-refractivity contribution in [3.8, 4) is 0 Å². The standard InChI is InChI=1S/C23H28FN3O3S/c1-10-17(16-9-13-8-12(11(2)25)4-7-15(13)31-16)19(24)21(30-3)18-20(10)27(14-5-6-14)23(29)26-22(18)28/h9,11-12,14,17,19H,4-8,25H2,1-3H3,(H,26,28,29). The van der Waals surface area contributed by atoms with Crippen LogP contribution in [0.25, 0.3) is 11.3 Å². The average Bonchev–Trinajstić information content (AvgIpc) is 3.46. The fourth-order valence-corrected chi connectivity index (χ4v) is 6.65. The summed E-state index contributed by atoms with van der Waals surface area (Å²) < 4.78 is 23.0. The molecular weight excluding hydrogens is 417 g/mol. The summed E-state index contributed by atoms with van der Waals surface area (Å²) in [6, 6.07) is 2.29. The van der Waals surface area contributed by atoms with E-state index < -0.39 is 23.3 Å². The normalized spacial score (nSPS) is 26.4. The van der Waals surface area contributed by atoms with Crippen molar-refractivity contribution in [2.75, 3.05) is 7.11 Å². The third kappa shape index (κ3) is 3.22. The van der Waals surface area contributed by atoms with Crippen LogP contribution in [0, 0.1) is 5.92 Å². The Bertz CT molecular complexity index is 1280. The second-order valence-corrected chi connectivity index (χ2v) is 10.3. The molecule has 5 rings (SSSR count). The summed E-state index contributed by atoms with van der Waals surface area (Å²) in [6.45, 7) is 3.90. The lowest BCUT2D eigenvalue weighted by atomic mass is 9.83. The van der Waals surface area contributed by atoms with Gasteiger partial charge in [0.05, 0.1) is 18.4 Å². The molecule has 2 aromatic rings. The van der Waals surface area contributed by atoms with Gasteiger partial charge < -0.3 is 10.5 Å². The van der Waals surface area contributed by atoms with Crippen LogP contribution >= 0.6 is 11.3 Å². The Balaban J connectivity index is 1.72. The number of thiophene rings is 1. The molecule has 1 fully saturated rings. The van der Waals surface area contributed by atoms with Crippen LogP contribution in [-0.2, 0) is 17.6 Å². The van der Waals surface area contributed by atoms with Gasteiger partial charge in [-0.3, -0.25) is 14.3 Å². The molecule has 3 aliphatic rings. The fraction of sp³-hybridized carbons (Fsp3) is 0.565. The topological polar surface area (TPSA) is 90.1 Å². The van der Waals surface area contributed by atoms with Crippen LogP contribution in [0.1, 0.15) is 60.4 Å². The number of ether oxygens (including phenoxy) is 1. The van der Waals surface area contributed by atoms with E-state index in [-0.39, 0.29) is 23.1 Å². The molecule has 31 heavy (non-hydrogen) atoms. The molecule has 4 unspecified atom stereocenters. The lowest BCUT2D eigenvalue weighted by Gasteiger charge is -2.27. The van der Waals surface area contributed by atoms with Crippen LogP contribution in [-0.4, -0.2) is 28.9 Å². The molecule has 0 aromatic carbocycles. The number of aryl methyl sites for hydroxylation is 1. The zero-order valence-electron chi connectivity index (χ0n) is 18.0. The zero-order chi connectivity index (χ0) is 22.0. The number of nitrogens with two attached hydrogens (primary N) is 1. The van der Waals surface area contributed by atoms with Gasteiger partial charge in [0.15, 0.2) is 6.17 Å². The predicted octanol–water partition coefficient (Wildman–Crippen LogP) is 1.45. The van der Waals surface area contributed by atoms with E-state index >= 15 is 4.39 Å². The van der Waals surface area contributed by atoms with Crippen molar-refractivity contribution in [3.05, 3.63) is 52.8 Å². The number of fused-ring (bicyclic) bond motifs is 2. The third-order valence-corrected chi connectivity index (χ3v) is 8.42. The molecule has 4 atom stereocenters. The maximum Gasteiger partial charge on any atom is 0.329 e. The highest BCUT2D eigenvalue weighted by atomic mass is 32.1. The molecule has 3 aliphatic carbocycles. The van der Waals surface area contributed by atoms with Crippen LogP contribution in [0.15, 0.2) is 15.7 Å². The number of H-pyrrole nitrogens is 1. The lowest BCUT2D eigenvalue weighted by Crippen LogP contribution is -2.58. The Morgan fingerprint density at radius 3 is 2.71 bits per heavy atom. The highest BCUT2D eigenvalue weighted by Gasteiger charge is 2.39. The maximum atomic E-state index is 15.9. The summed E-state index contributed by atoms with van der Waals surface area (Å²) in [7, 11) is 1.39. The first-order valence-corrected chi connectivity index (χ1v) is 11.8. The van der Waals surface area contributed by atoms with Gasteiger partial charge in [0, 0.05) is 21.8 Å². The molecule has 0 aliphatic heterocycles. The van der Waals surface area contributed by atoms with Gasteiger partial charge in [-0.1, -0.05) is 0 Å². The number of aromatic nitrogens is 2. The monoisotopic (exact) mass is 445 g/mol. The molecule has 0 saturated heterocycles. The molecule has 0 radical (unpaired) electrons. The van der Waals surface area contributed by atoms with E-state index in [0.29, 0.717) is 11.3 Å². The van der Waals surface area contributed by atoms with E-state index in [0.717, 1.165) is 42.6 Å². The molecule has 3 N–H and O–H groups in total. The van der Waals surface area contributed by atoms with E-state index in [9.17, 15) is 9.59 Å². The summed E-state index contributed by atoms with van der Waals surface area (Å²) in [6.07, 6.45) is 3.20. The Kier molecular flexibility index (Phi) is 4.97. The minimum absolute atomic E-state index is 0.0149. The van der Waals surface area contributed by atoms with Crippen LogP contribution < -0.4 is 27.6 Å². The van der Waals surface area contributed by atoms with Crippen LogP contribution in [0.3, 0.4) is 0 Å². The molecule has 0 amide bonds.